The van der Waals surface area contributed by atoms with Crippen molar-refractivity contribution in [2.24, 2.45) is 0 Å². The highest BCUT2D eigenvalue weighted by Gasteiger charge is 2.22. The third-order valence-corrected chi connectivity index (χ3v) is 4.60. The van der Waals surface area contributed by atoms with Crippen LogP contribution >= 0.6 is 15.9 Å². The SMILES string of the molecule is O=C(Cc1c(F)cc(Br)c(OCc2ccccc2)c1F)OCc1ccccc1. The van der Waals surface area contributed by atoms with Crippen LogP contribution in [0.3, 0.4) is 0 Å². The van der Waals surface area contributed by atoms with Crippen molar-refractivity contribution in [3.05, 3.63) is 99.5 Å². The summed E-state index contributed by atoms with van der Waals surface area (Å²) < 4.78 is 39.8. The maximum absolute atomic E-state index is 14.8. The molecule has 28 heavy (non-hydrogen) atoms. The molecule has 0 bridgehead atoms. The van der Waals surface area contributed by atoms with Gasteiger partial charge >= 0.3 is 5.97 Å². The van der Waals surface area contributed by atoms with Gasteiger partial charge in [-0.05, 0) is 33.1 Å². The van der Waals surface area contributed by atoms with E-state index in [9.17, 15) is 13.6 Å². The lowest BCUT2D eigenvalue weighted by Crippen LogP contribution is -2.12. The molecule has 0 unspecified atom stereocenters. The van der Waals surface area contributed by atoms with E-state index in [1.54, 1.807) is 12.1 Å². The third kappa shape index (κ3) is 5.16. The summed E-state index contributed by atoms with van der Waals surface area (Å²) in [6.45, 7) is 0.149. The second-order valence-electron chi connectivity index (χ2n) is 6.06. The molecule has 0 aromatic heterocycles. The quantitative estimate of drug-likeness (QED) is 0.443. The van der Waals surface area contributed by atoms with Gasteiger partial charge in [-0.2, -0.15) is 0 Å². The number of benzene rings is 3. The Labute approximate surface area is 170 Å². The number of hydrogen-bond acceptors (Lipinski definition) is 3. The minimum atomic E-state index is -0.917. The highest BCUT2D eigenvalue weighted by molar-refractivity contribution is 9.10. The number of carbonyl (C=O) groups excluding carboxylic acids is 1. The van der Waals surface area contributed by atoms with Gasteiger partial charge in [-0.1, -0.05) is 60.7 Å². The van der Waals surface area contributed by atoms with Gasteiger partial charge < -0.3 is 9.47 Å². The zero-order valence-corrected chi connectivity index (χ0v) is 16.4. The molecule has 144 valence electrons. The van der Waals surface area contributed by atoms with E-state index in [4.69, 9.17) is 9.47 Å². The minimum Gasteiger partial charge on any atom is -0.485 e. The van der Waals surface area contributed by atoms with Crippen LogP contribution in [0.4, 0.5) is 8.78 Å². The fourth-order valence-electron chi connectivity index (χ4n) is 2.57. The molecule has 0 spiro atoms. The van der Waals surface area contributed by atoms with Crippen LogP contribution < -0.4 is 4.74 Å². The van der Waals surface area contributed by atoms with Crippen LogP contribution in [0.15, 0.2) is 71.2 Å². The average molecular weight is 447 g/mol. The molecule has 3 rings (SSSR count). The molecule has 0 fully saturated rings. The molecule has 3 aromatic rings. The molecule has 0 aliphatic rings. The van der Waals surface area contributed by atoms with Crippen LogP contribution in [-0.4, -0.2) is 5.97 Å². The summed E-state index contributed by atoms with van der Waals surface area (Å²) in [6.07, 6.45) is -0.528. The first kappa shape index (κ1) is 20.0. The smallest absolute Gasteiger partial charge is 0.310 e. The summed E-state index contributed by atoms with van der Waals surface area (Å²) in [4.78, 5) is 12.1. The molecule has 0 amide bonds. The van der Waals surface area contributed by atoms with Gasteiger partial charge in [0, 0.05) is 5.56 Å². The van der Waals surface area contributed by atoms with Crippen LogP contribution in [-0.2, 0) is 29.2 Å². The second-order valence-corrected chi connectivity index (χ2v) is 6.91. The standard InChI is InChI=1S/C22H17BrF2O3/c23-18-12-19(24)17(11-20(26)27-13-15-7-3-1-4-8-15)21(25)22(18)28-14-16-9-5-2-6-10-16/h1-10,12H,11,13-14H2. The summed E-state index contributed by atoms with van der Waals surface area (Å²) in [5.74, 6) is -2.62. The predicted molar refractivity (Wildman–Crippen MR) is 105 cm³/mol. The second kappa shape index (κ2) is 9.46. The molecule has 6 heteroatoms. The van der Waals surface area contributed by atoms with E-state index in [0.29, 0.717) is 0 Å². The average Bonchev–Trinajstić information content (AvgIpc) is 2.71. The number of ether oxygens (including phenoxy) is 2. The Morgan fingerprint density at radius 1 is 0.893 bits per heavy atom. The van der Waals surface area contributed by atoms with Crippen molar-refractivity contribution in [1.29, 1.82) is 0 Å². The molecule has 3 nitrogen and oxygen atoms in total. The van der Waals surface area contributed by atoms with Gasteiger partial charge in [0.25, 0.3) is 0 Å². The Kier molecular flexibility index (Phi) is 6.76. The van der Waals surface area contributed by atoms with E-state index in [1.807, 2.05) is 48.5 Å². The van der Waals surface area contributed by atoms with E-state index < -0.39 is 24.0 Å². The van der Waals surface area contributed by atoms with Gasteiger partial charge in [-0.25, -0.2) is 8.78 Å². The molecule has 0 aliphatic heterocycles. The van der Waals surface area contributed by atoms with Gasteiger partial charge in [-0.15, -0.1) is 0 Å². The van der Waals surface area contributed by atoms with E-state index >= 15 is 0 Å². The number of halogens is 3. The van der Waals surface area contributed by atoms with Gasteiger partial charge in [0.1, 0.15) is 19.0 Å². The zero-order valence-electron chi connectivity index (χ0n) is 14.8. The number of carbonyl (C=O) groups is 1. The Balaban J connectivity index is 1.70. The Morgan fingerprint density at radius 2 is 1.46 bits per heavy atom. The maximum atomic E-state index is 14.8. The summed E-state index contributed by atoms with van der Waals surface area (Å²) in [6, 6.07) is 19.3. The van der Waals surface area contributed by atoms with Crippen LogP contribution in [0, 0.1) is 11.6 Å². The van der Waals surface area contributed by atoms with E-state index in [2.05, 4.69) is 15.9 Å². The first-order valence-electron chi connectivity index (χ1n) is 8.57. The molecule has 0 radical (unpaired) electrons. The van der Waals surface area contributed by atoms with Gasteiger partial charge in [0.2, 0.25) is 0 Å². The predicted octanol–water partition coefficient (Wildman–Crippen LogP) is 5.59. The molecule has 0 N–H and O–H groups in total. The van der Waals surface area contributed by atoms with Crippen molar-refractivity contribution in [2.45, 2.75) is 19.6 Å². The van der Waals surface area contributed by atoms with Crippen LogP contribution in [0.2, 0.25) is 0 Å². The fourth-order valence-corrected chi connectivity index (χ4v) is 3.06. The molecule has 0 aliphatic carbocycles. The highest BCUT2D eigenvalue weighted by atomic mass is 79.9. The lowest BCUT2D eigenvalue weighted by atomic mass is 10.1. The van der Waals surface area contributed by atoms with Crippen molar-refractivity contribution in [3.8, 4) is 5.75 Å². The first-order valence-corrected chi connectivity index (χ1v) is 9.36. The largest absolute Gasteiger partial charge is 0.485 e. The monoisotopic (exact) mass is 446 g/mol. The maximum Gasteiger partial charge on any atom is 0.310 e. The van der Waals surface area contributed by atoms with Crippen molar-refractivity contribution in [2.75, 3.05) is 0 Å². The first-order chi connectivity index (χ1) is 13.5. The molecule has 3 aromatic carbocycles. The van der Waals surface area contributed by atoms with Gasteiger partial charge in [0.05, 0.1) is 10.9 Å². The number of esters is 1. The summed E-state index contributed by atoms with van der Waals surface area (Å²) in [7, 11) is 0. The number of hydrogen-bond donors (Lipinski definition) is 0. The Bertz CT molecular complexity index is 947. The minimum absolute atomic E-state index is 0.0385. The van der Waals surface area contributed by atoms with Crippen molar-refractivity contribution >= 4 is 21.9 Å². The third-order valence-electron chi connectivity index (χ3n) is 4.01. The van der Waals surface area contributed by atoms with Crippen molar-refractivity contribution < 1.29 is 23.0 Å². The normalized spacial score (nSPS) is 10.5. The van der Waals surface area contributed by atoms with Crippen LogP contribution in [0.5, 0.6) is 5.75 Å². The molecule has 0 atom stereocenters. The van der Waals surface area contributed by atoms with Crippen molar-refractivity contribution in [1.82, 2.24) is 0 Å². The van der Waals surface area contributed by atoms with Crippen LogP contribution in [0.25, 0.3) is 0 Å². The van der Waals surface area contributed by atoms with E-state index in [-0.39, 0.29) is 29.0 Å². The molecule has 0 saturated carbocycles. The molecular formula is C22H17BrF2O3. The van der Waals surface area contributed by atoms with Gasteiger partial charge in [-0.3, -0.25) is 4.79 Å². The lowest BCUT2D eigenvalue weighted by Gasteiger charge is -2.13. The fraction of sp³-hybridized carbons (Fsp3) is 0.136. The molecular weight excluding hydrogens is 430 g/mol. The van der Waals surface area contributed by atoms with E-state index in [0.717, 1.165) is 17.2 Å². The topological polar surface area (TPSA) is 35.5 Å². The number of rotatable bonds is 7. The Morgan fingerprint density at radius 3 is 2.07 bits per heavy atom. The Hall–Kier alpha value is -2.73. The lowest BCUT2D eigenvalue weighted by molar-refractivity contribution is -0.144. The van der Waals surface area contributed by atoms with Gasteiger partial charge in [0.15, 0.2) is 11.6 Å². The van der Waals surface area contributed by atoms with Crippen molar-refractivity contribution in [3.63, 3.8) is 0 Å². The summed E-state index contributed by atoms with van der Waals surface area (Å²) in [5.41, 5.74) is 1.24. The molecule has 0 saturated heterocycles. The van der Waals surface area contributed by atoms with Crippen LogP contribution in [0.1, 0.15) is 16.7 Å². The summed E-state index contributed by atoms with van der Waals surface area (Å²) >= 11 is 3.11. The molecule has 0 heterocycles. The summed E-state index contributed by atoms with van der Waals surface area (Å²) in [5, 5.41) is 0. The zero-order chi connectivity index (χ0) is 19.9. The highest BCUT2D eigenvalue weighted by Crippen LogP contribution is 2.33. The van der Waals surface area contributed by atoms with E-state index in [1.165, 1.54) is 0 Å².